The number of amides is 1. The molecular weight excluding hydrogens is 370 g/mol. The molecule has 2 aliphatic heterocycles. The molecule has 0 spiro atoms. The Morgan fingerprint density at radius 2 is 2.00 bits per heavy atom. The summed E-state index contributed by atoms with van der Waals surface area (Å²) in [7, 11) is -1.78. The number of ether oxygens (including phenoxy) is 2. The first-order chi connectivity index (χ1) is 12.9. The van der Waals surface area contributed by atoms with Gasteiger partial charge in [-0.05, 0) is 18.2 Å². The monoisotopic (exact) mass is 397 g/mol. The van der Waals surface area contributed by atoms with Crippen LogP contribution in [-0.4, -0.2) is 100 Å². The van der Waals surface area contributed by atoms with Crippen LogP contribution in [0.2, 0.25) is 0 Å². The van der Waals surface area contributed by atoms with Gasteiger partial charge in [0, 0.05) is 44.8 Å². The number of carbonyl (C=O) groups is 1. The maximum Gasteiger partial charge on any atom is 0.254 e. The number of sulfonamides is 1. The number of carbonyl (C=O) groups excluding carboxylic acids is 1. The van der Waals surface area contributed by atoms with Gasteiger partial charge in [0.15, 0.2) is 0 Å². The van der Waals surface area contributed by atoms with Gasteiger partial charge in [-0.25, -0.2) is 8.42 Å². The van der Waals surface area contributed by atoms with Crippen molar-refractivity contribution in [3.05, 3.63) is 29.8 Å². The van der Waals surface area contributed by atoms with Crippen LogP contribution < -0.4 is 4.74 Å². The fourth-order valence-corrected chi connectivity index (χ4v) is 4.51. The molecule has 2 saturated heterocycles. The van der Waals surface area contributed by atoms with Crippen LogP contribution in [0.1, 0.15) is 10.4 Å². The average Bonchev–Trinajstić information content (AvgIpc) is 2.62. The zero-order valence-electron chi connectivity index (χ0n) is 15.8. The molecule has 8 nitrogen and oxygen atoms in total. The molecule has 2 heterocycles. The fraction of sp³-hybridized carbons (Fsp3) is 0.611. The van der Waals surface area contributed by atoms with Crippen LogP contribution in [-0.2, 0) is 14.8 Å². The van der Waals surface area contributed by atoms with Gasteiger partial charge in [0.2, 0.25) is 10.0 Å². The van der Waals surface area contributed by atoms with Crippen molar-refractivity contribution >= 4 is 15.9 Å². The summed E-state index contributed by atoms with van der Waals surface area (Å²) in [6.45, 7) is 4.95. The minimum absolute atomic E-state index is 0.105. The Balaban J connectivity index is 1.57. The van der Waals surface area contributed by atoms with Crippen LogP contribution in [0, 0.1) is 0 Å². The Morgan fingerprint density at radius 3 is 2.63 bits per heavy atom. The largest absolute Gasteiger partial charge is 0.497 e. The summed E-state index contributed by atoms with van der Waals surface area (Å²) >= 11 is 0. The fourth-order valence-electron chi connectivity index (χ4n) is 3.43. The molecule has 150 valence electrons. The number of methoxy groups -OCH3 is 1. The topological polar surface area (TPSA) is 79.4 Å². The molecule has 3 rings (SSSR count). The van der Waals surface area contributed by atoms with Crippen molar-refractivity contribution in [2.45, 2.75) is 6.04 Å². The first kappa shape index (κ1) is 20.1. The summed E-state index contributed by atoms with van der Waals surface area (Å²) in [5.41, 5.74) is 0.548. The summed E-state index contributed by atoms with van der Waals surface area (Å²) in [4.78, 5) is 16.5. The smallest absolute Gasteiger partial charge is 0.254 e. The highest BCUT2D eigenvalue weighted by molar-refractivity contribution is 7.88. The molecule has 2 aliphatic rings. The molecule has 0 radical (unpaired) electrons. The zero-order chi connectivity index (χ0) is 19.4. The van der Waals surface area contributed by atoms with Gasteiger partial charge < -0.3 is 14.4 Å². The second-order valence-electron chi connectivity index (χ2n) is 6.92. The van der Waals surface area contributed by atoms with E-state index in [9.17, 15) is 13.2 Å². The van der Waals surface area contributed by atoms with Crippen LogP contribution in [0.15, 0.2) is 24.3 Å². The van der Waals surface area contributed by atoms with Crippen molar-refractivity contribution in [1.29, 1.82) is 0 Å². The number of morpholine rings is 1. The van der Waals surface area contributed by atoms with Crippen molar-refractivity contribution in [3.8, 4) is 5.75 Å². The SMILES string of the molecule is COc1cccc(C(=O)N2CC(N(CCN3CCOCC3)S(C)(=O)=O)C2)c1. The Kier molecular flexibility index (Phi) is 6.36. The average molecular weight is 397 g/mol. The molecule has 1 aromatic carbocycles. The predicted molar refractivity (Wildman–Crippen MR) is 101 cm³/mol. The molecule has 0 bridgehead atoms. The van der Waals surface area contributed by atoms with Gasteiger partial charge >= 0.3 is 0 Å². The van der Waals surface area contributed by atoms with E-state index in [1.807, 2.05) is 0 Å². The number of nitrogens with zero attached hydrogens (tertiary/aromatic N) is 3. The van der Waals surface area contributed by atoms with Gasteiger partial charge in [-0.15, -0.1) is 0 Å². The van der Waals surface area contributed by atoms with Crippen LogP contribution in [0.3, 0.4) is 0 Å². The quantitative estimate of drug-likeness (QED) is 0.650. The Hall–Kier alpha value is -1.68. The standard InChI is InChI=1S/C18H27N3O5S/c1-25-17-5-3-4-15(12-17)18(22)20-13-16(14-20)21(27(2,23)24)7-6-19-8-10-26-11-9-19/h3-5,12,16H,6-11,13-14H2,1-2H3. The van der Waals surface area contributed by atoms with E-state index in [0.717, 1.165) is 13.1 Å². The first-order valence-electron chi connectivity index (χ1n) is 9.09. The van der Waals surface area contributed by atoms with E-state index < -0.39 is 10.0 Å². The summed E-state index contributed by atoms with van der Waals surface area (Å²) in [6, 6.07) is 6.82. The number of hydrogen-bond acceptors (Lipinski definition) is 6. The molecule has 0 saturated carbocycles. The van der Waals surface area contributed by atoms with Crippen molar-refractivity contribution in [2.24, 2.45) is 0 Å². The Labute approximate surface area is 160 Å². The Bertz CT molecular complexity index is 758. The lowest BCUT2D eigenvalue weighted by Crippen LogP contribution is -2.63. The number of rotatable bonds is 7. The van der Waals surface area contributed by atoms with Crippen molar-refractivity contribution in [2.75, 3.05) is 65.8 Å². The molecule has 9 heteroatoms. The summed E-state index contributed by atoms with van der Waals surface area (Å²) in [5, 5.41) is 0. The third-order valence-corrected chi connectivity index (χ3v) is 6.37. The molecule has 27 heavy (non-hydrogen) atoms. The van der Waals surface area contributed by atoms with Gasteiger partial charge in [-0.2, -0.15) is 4.31 Å². The molecule has 0 N–H and O–H groups in total. The molecule has 0 atom stereocenters. The third-order valence-electron chi connectivity index (χ3n) is 5.04. The van der Waals surface area contributed by atoms with E-state index in [4.69, 9.17) is 9.47 Å². The lowest BCUT2D eigenvalue weighted by atomic mass is 10.1. The number of hydrogen-bond donors (Lipinski definition) is 0. The zero-order valence-corrected chi connectivity index (χ0v) is 16.7. The van der Waals surface area contributed by atoms with Crippen LogP contribution in [0.4, 0.5) is 0 Å². The molecule has 1 aromatic rings. The van der Waals surface area contributed by atoms with E-state index in [0.29, 0.717) is 50.7 Å². The van der Waals surface area contributed by atoms with E-state index in [1.165, 1.54) is 10.6 Å². The van der Waals surface area contributed by atoms with E-state index in [1.54, 1.807) is 36.3 Å². The highest BCUT2D eigenvalue weighted by Crippen LogP contribution is 2.22. The first-order valence-corrected chi connectivity index (χ1v) is 10.9. The maximum absolute atomic E-state index is 12.6. The molecule has 0 aromatic heterocycles. The summed E-state index contributed by atoms with van der Waals surface area (Å²) in [5.74, 6) is 0.521. The molecular formula is C18H27N3O5S. The normalized spacial score (nSPS) is 19.1. The lowest BCUT2D eigenvalue weighted by Gasteiger charge is -2.44. The van der Waals surface area contributed by atoms with Gasteiger partial charge in [0.05, 0.1) is 32.6 Å². The van der Waals surface area contributed by atoms with Gasteiger partial charge in [-0.3, -0.25) is 9.69 Å². The van der Waals surface area contributed by atoms with E-state index >= 15 is 0 Å². The predicted octanol–water partition coefficient (Wildman–Crippen LogP) is 0.113. The van der Waals surface area contributed by atoms with Crippen molar-refractivity contribution < 1.29 is 22.7 Å². The number of benzene rings is 1. The van der Waals surface area contributed by atoms with E-state index in [2.05, 4.69) is 4.90 Å². The second-order valence-corrected chi connectivity index (χ2v) is 8.86. The van der Waals surface area contributed by atoms with Crippen molar-refractivity contribution in [3.63, 3.8) is 0 Å². The highest BCUT2D eigenvalue weighted by atomic mass is 32.2. The lowest BCUT2D eigenvalue weighted by molar-refractivity contribution is 0.0269. The molecule has 2 fully saturated rings. The van der Waals surface area contributed by atoms with Crippen LogP contribution in [0.5, 0.6) is 5.75 Å². The Morgan fingerprint density at radius 1 is 1.30 bits per heavy atom. The van der Waals surface area contributed by atoms with Crippen LogP contribution >= 0.6 is 0 Å². The number of likely N-dealkylation sites (tertiary alicyclic amines) is 1. The third kappa shape index (κ3) is 4.98. The molecule has 0 aliphatic carbocycles. The van der Waals surface area contributed by atoms with Crippen LogP contribution in [0.25, 0.3) is 0 Å². The highest BCUT2D eigenvalue weighted by Gasteiger charge is 2.39. The maximum atomic E-state index is 12.6. The molecule has 1 amide bonds. The summed E-state index contributed by atoms with van der Waals surface area (Å²) < 4.78 is 36.5. The molecule has 0 unspecified atom stereocenters. The van der Waals surface area contributed by atoms with Gasteiger partial charge in [-0.1, -0.05) is 6.07 Å². The van der Waals surface area contributed by atoms with Gasteiger partial charge in [0.1, 0.15) is 5.75 Å². The minimum Gasteiger partial charge on any atom is -0.497 e. The van der Waals surface area contributed by atoms with Gasteiger partial charge in [0.25, 0.3) is 5.91 Å². The summed E-state index contributed by atoms with van der Waals surface area (Å²) in [6.07, 6.45) is 1.23. The second kappa shape index (κ2) is 8.55. The minimum atomic E-state index is -3.33. The van der Waals surface area contributed by atoms with E-state index in [-0.39, 0.29) is 11.9 Å². The van der Waals surface area contributed by atoms with Crippen molar-refractivity contribution in [1.82, 2.24) is 14.1 Å².